The smallest absolute Gasteiger partial charge is 0.0886 e. The molecule has 25 heavy (non-hydrogen) atoms. The molecule has 2 aromatic heterocycles. The summed E-state index contributed by atoms with van der Waals surface area (Å²) >= 11 is 7.80. The summed E-state index contributed by atoms with van der Waals surface area (Å²) in [6, 6.07) is 22.9. The molecular weight excluding hydrogens is 346 g/mol. The van der Waals surface area contributed by atoms with Crippen molar-refractivity contribution in [3.8, 4) is 32.8 Å². The van der Waals surface area contributed by atoms with Gasteiger partial charge in [-0.05, 0) is 53.3 Å². The lowest BCUT2D eigenvalue weighted by Gasteiger charge is -2.14. The van der Waals surface area contributed by atoms with Crippen LogP contribution in [0.1, 0.15) is 5.56 Å². The van der Waals surface area contributed by atoms with Crippen LogP contribution in [0.4, 0.5) is 0 Å². The van der Waals surface area contributed by atoms with E-state index in [0.717, 1.165) is 21.8 Å². The van der Waals surface area contributed by atoms with Gasteiger partial charge in [0.15, 0.2) is 0 Å². The molecule has 122 valence electrons. The highest BCUT2D eigenvalue weighted by atomic mass is 35.5. The quantitative estimate of drug-likeness (QED) is 0.379. The van der Waals surface area contributed by atoms with Gasteiger partial charge in [0.25, 0.3) is 0 Å². The number of aryl methyl sites for hydroxylation is 1. The van der Waals surface area contributed by atoms with Crippen LogP contribution in [0.3, 0.4) is 0 Å². The summed E-state index contributed by atoms with van der Waals surface area (Å²) in [5.74, 6) is 0. The zero-order valence-electron chi connectivity index (χ0n) is 13.7. The van der Waals surface area contributed by atoms with Gasteiger partial charge >= 0.3 is 0 Å². The summed E-state index contributed by atoms with van der Waals surface area (Å²) < 4.78 is 0. The number of rotatable bonds is 3. The molecule has 0 spiro atoms. The fourth-order valence-electron chi connectivity index (χ4n) is 2.94. The molecular formula is C22H16ClNS. The molecule has 2 aromatic carbocycles. The maximum Gasteiger partial charge on any atom is 0.0886 e. The van der Waals surface area contributed by atoms with Crippen LogP contribution in [0, 0.1) is 6.92 Å². The maximum absolute atomic E-state index is 6.10. The third-order valence-corrected chi connectivity index (χ3v) is 5.33. The number of benzene rings is 2. The minimum Gasteiger partial charge on any atom is -0.255 e. The van der Waals surface area contributed by atoms with Crippen molar-refractivity contribution in [1.82, 2.24) is 4.98 Å². The van der Waals surface area contributed by atoms with Crippen molar-refractivity contribution in [2.45, 2.75) is 6.92 Å². The highest BCUT2D eigenvalue weighted by Crippen LogP contribution is 2.40. The molecule has 0 saturated heterocycles. The molecule has 4 aromatic rings. The molecule has 0 aliphatic carbocycles. The molecule has 1 nitrogen and oxygen atoms in total. The Morgan fingerprint density at radius 2 is 1.56 bits per heavy atom. The zero-order chi connectivity index (χ0) is 17.2. The summed E-state index contributed by atoms with van der Waals surface area (Å²) in [5, 5.41) is 2.82. The first-order valence-electron chi connectivity index (χ1n) is 8.08. The molecule has 3 heteroatoms. The fraction of sp³-hybridized carbons (Fsp3) is 0.0455. The first kappa shape index (κ1) is 16.1. The summed E-state index contributed by atoms with van der Waals surface area (Å²) in [7, 11) is 0. The van der Waals surface area contributed by atoms with E-state index in [1.54, 1.807) is 11.3 Å². The summed E-state index contributed by atoms with van der Waals surface area (Å²) in [6.45, 7) is 2.10. The van der Waals surface area contributed by atoms with Crippen molar-refractivity contribution in [1.29, 1.82) is 0 Å². The van der Waals surface area contributed by atoms with Crippen LogP contribution in [-0.2, 0) is 0 Å². The van der Waals surface area contributed by atoms with Crippen molar-refractivity contribution >= 4 is 22.9 Å². The SMILES string of the molecule is Cc1ccc(-c2ccnc(-c3cccs3)c2-c2ccc(Cl)cc2)cc1. The van der Waals surface area contributed by atoms with E-state index >= 15 is 0 Å². The molecule has 0 aliphatic rings. The maximum atomic E-state index is 6.10. The number of nitrogens with zero attached hydrogens (tertiary/aromatic N) is 1. The average molecular weight is 362 g/mol. The van der Waals surface area contributed by atoms with Crippen LogP contribution >= 0.6 is 22.9 Å². The van der Waals surface area contributed by atoms with Crippen molar-refractivity contribution in [3.63, 3.8) is 0 Å². The molecule has 0 N–H and O–H groups in total. The van der Waals surface area contributed by atoms with Crippen LogP contribution in [-0.4, -0.2) is 4.98 Å². The van der Waals surface area contributed by atoms with Crippen LogP contribution < -0.4 is 0 Å². The fourth-order valence-corrected chi connectivity index (χ4v) is 3.80. The lowest BCUT2D eigenvalue weighted by molar-refractivity contribution is 1.34. The first-order chi connectivity index (χ1) is 12.2. The number of aromatic nitrogens is 1. The van der Waals surface area contributed by atoms with Gasteiger partial charge in [0, 0.05) is 16.8 Å². The van der Waals surface area contributed by atoms with Gasteiger partial charge in [-0.25, -0.2) is 0 Å². The van der Waals surface area contributed by atoms with E-state index in [1.165, 1.54) is 21.6 Å². The van der Waals surface area contributed by atoms with Crippen molar-refractivity contribution < 1.29 is 0 Å². The van der Waals surface area contributed by atoms with Crippen molar-refractivity contribution in [2.75, 3.05) is 0 Å². The Morgan fingerprint density at radius 3 is 2.24 bits per heavy atom. The molecule has 4 rings (SSSR count). The Morgan fingerprint density at radius 1 is 0.840 bits per heavy atom. The van der Waals surface area contributed by atoms with E-state index in [4.69, 9.17) is 16.6 Å². The van der Waals surface area contributed by atoms with Gasteiger partial charge in [0.05, 0.1) is 10.6 Å². The second-order valence-corrected chi connectivity index (χ2v) is 7.32. The Kier molecular flexibility index (Phi) is 4.39. The van der Waals surface area contributed by atoms with E-state index < -0.39 is 0 Å². The molecule has 0 saturated carbocycles. The van der Waals surface area contributed by atoms with E-state index in [0.29, 0.717) is 0 Å². The van der Waals surface area contributed by atoms with Crippen LogP contribution in [0.15, 0.2) is 78.3 Å². The predicted octanol–water partition coefficient (Wildman–Crippen LogP) is 7.11. The minimum absolute atomic E-state index is 0.738. The molecule has 0 fully saturated rings. The molecule has 0 radical (unpaired) electrons. The van der Waals surface area contributed by atoms with Crippen LogP contribution in [0.5, 0.6) is 0 Å². The topological polar surface area (TPSA) is 12.9 Å². The molecule has 0 amide bonds. The van der Waals surface area contributed by atoms with Crippen molar-refractivity contribution in [2.24, 2.45) is 0 Å². The van der Waals surface area contributed by atoms with Gasteiger partial charge < -0.3 is 0 Å². The summed E-state index contributed by atoms with van der Waals surface area (Å²) in [4.78, 5) is 5.87. The number of hydrogen-bond donors (Lipinski definition) is 0. The van der Waals surface area contributed by atoms with E-state index in [2.05, 4.69) is 66.9 Å². The average Bonchev–Trinajstić information content (AvgIpc) is 3.17. The Labute approximate surface area is 156 Å². The van der Waals surface area contributed by atoms with E-state index in [9.17, 15) is 0 Å². The number of halogens is 1. The molecule has 0 atom stereocenters. The van der Waals surface area contributed by atoms with Crippen LogP contribution in [0.25, 0.3) is 32.8 Å². The lowest BCUT2D eigenvalue weighted by atomic mass is 9.93. The molecule has 0 bridgehead atoms. The molecule has 2 heterocycles. The monoisotopic (exact) mass is 361 g/mol. The predicted molar refractivity (Wildman–Crippen MR) is 108 cm³/mol. The standard InChI is InChI=1S/C22H16ClNS/c1-15-4-6-16(7-5-15)19-12-13-24-22(20-3-2-14-25-20)21(19)17-8-10-18(23)11-9-17/h2-14H,1H3. The number of pyridine rings is 1. The van der Waals surface area contributed by atoms with Gasteiger partial charge in [-0.1, -0.05) is 59.6 Å². The highest BCUT2D eigenvalue weighted by molar-refractivity contribution is 7.13. The summed E-state index contributed by atoms with van der Waals surface area (Å²) in [6.07, 6.45) is 1.89. The Bertz CT molecular complexity index is 987. The second kappa shape index (κ2) is 6.83. The van der Waals surface area contributed by atoms with Gasteiger partial charge in [-0.3, -0.25) is 4.98 Å². The zero-order valence-corrected chi connectivity index (χ0v) is 15.3. The number of thiophene rings is 1. The first-order valence-corrected chi connectivity index (χ1v) is 9.34. The summed E-state index contributed by atoms with van der Waals surface area (Å²) in [5.41, 5.74) is 6.90. The number of hydrogen-bond acceptors (Lipinski definition) is 2. The largest absolute Gasteiger partial charge is 0.255 e. The molecule has 0 unspecified atom stereocenters. The van der Waals surface area contributed by atoms with Crippen molar-refractivity contribution in [3.05, 3.63) is 88.9 Å². The van der Waals surface area contributed by atoms with Gasteiger partial charge in [-0.15, -0.1) is 11.3 Å². The Hall–Kier alpha value is -2.42. The Balaban J connectivity index is 1.99. The molecule has 0 aliphatic heterocycles. The second-order valence-electron chi connectivity index (χ2n) is 5.93. The van der Waals surface area contributed by atoms with Gasteiger partial charge in [0.2, 0.25) is 0 Å². The van der Waals surface area contributed by atoms with Gasteiger partial charge in [0.1, 0.15) is 0 Å². The third kappa shape index (κ3) is 3.23. The van der Waals surface area contributed by atoms with E-state index in [-0.39, 0.29) is 0 Å². The highest BCUT2D eigenvalue weighted by Gasteiger charge is 2.15. The lowest BCUT2D eigenvalue weighted by Crippen LogP contribution is -1.92. The third-order valence-electron chi connectivity index (χ3n) is 4.20. The van der Waals surface area contributed by atoms with Crippen LogP contribution in [0.2, 0.25) is 5.02 Å². The van der Waals surface area contributed by atoms with E-state index in [1.807, 2.05) is 18.3 Å². The van der Waals surface area contributed by atoms with Gasteiger partial charge in [-0.2, -0.15) is 0 Å². The minimum atomic E-state index is 0.738. The normalized spacial score (nSPS) is 10.8.